The number of rotatable bonds is 2. The van der Waals surface area contributed by atoms with Crippen LogP contribution in [0.15, 0.2) is 42.5 Å². The van der Waals surface area contributed by atoms with Gasteiger partial charge >= 0.3 is 0 Å². The second-order valence-electron chi connectivity index (χ2n) is 6.27. The third-order valence-electron chi connectivity index (χ3n) is 3.38. The predicted octanol–water partition coefficient (Wildman–Crippen LogP) is 4.25. The Labute approximate surface area is 125 Å². The van der Waals surface area contributed by atoms with Crippen LogP contribution in [0.2, 0.25) is 0 Å². The lowest BCUT2D eigenvalue weighted by atomic mass is 9.86. The Bertz CT molecular complexity index is 669. The van der Waals surface area contributed by atoms with E-state index >= 15 is 0 Å². The third kappa shape index (κ3) is 3.43. The van der Waals surface area contributed by atoms with Crippen LogP contribution < -0.4 is 5.32 Å². The van der Waals surface area contributed by atoms with Crippen molar-refractivity contribution < 1.29 is 9.90 Å². The molecule has 21 heavy (non-hydrogen) atoms. The smallest absolute Gasteiger partial charge is 0.259 e. The molecule has 0 aliphatic heterocycles. The summed E-state index contributed by atoms with van der Waals surface area (Å²) in [4.78, 5) is 12.4. The number of anilines is 1. The molecule has 2 N–H and O–H groups in total. The maximum Gasteiger partial charge on any atom is 0.259 e. The van der Waals surface area contributed by atoms with Gasteiger partial charge in [0, 0.05) is 5.69 Å². The fraction of sp³-hybridized carbons (Fsp3) is 0.278. The molecule has 3 nitrogen and oxygen atoms in total. The van der Waals surface area contributed by atoms with Gasteiger partial charge in [-0.05, 0) is 41.7 Å². The minimum absolute atomic E-state index is 0.000685. The van der Waals surface area contributed by atoms with Crippen molar-refractivity contribution in [1.29, 1.82) is 0 Å². The van der Waals surface area contributed by atoms with Crippen LogP contribution in [0.3, 0.4) is 0 Å². The second kappa shape index (κ2) is 5.60. The van der Waals surface area contributed by atoms with Gasteiger partial charge in [0.25, 0.3) is 5.91 Å². The molecular weight excluding hydrogens is 262 g/mol. The number of carbonyl (C=O) groups is 1. The summed E-state index contributed by atoms with van der Waals surface area (Å²) in [5.74, 6) is -0.301. The van der Waals surface area contributed by atoms with E-state index in [-0.39, 0.29) is 22.6 Å². The fourth-order valence-corrected chi connectivity index (χ4v) is 2.27. The number of phenolic OH excluding ortho intramolecular Hbond substituents is 1. The zero-order valence-electron chi connectivity index (χ0n) is 12.9. The van der Waals surface area contributed by atoms with Crippen LogP contribution in [0.4, 0.5) is 5.69 Å². The van der Waals surface area contributed by atoms with Gasteiger partial charge in [-0.1, -0.05) is 45.0 Å². The molecule has 110 valence electrons. The van der Waals surface area contributed by atoms with Crippen molar-refractivity contribution in [2.75, 3.05) is 5.32 Å². The van der Waals surface area contributed by atoms with E-state index in [1.165, 1.54) is 0 Å². The van der Waals surface area contributed by atoms with Gasteiger partial charge in [0.2, 0.25) is 0 Å². The number of hydrogen-bond acceptors (Lipinski definition) is 2. The summed E-state index contributed by atoms with van der Waals surface area (Å²) in [5, 5.41) is 12.8. The van der Waals surface area contributed by atoms with Crippen LogP contribution in [0.25, 0.3) is 0 Å². The molecule has 1 amide bonds. The molecule has 0 bridgehead atoms. The first-order chi connectivity index (χ1) is 9.79. The van der Waals surface area contributed by atoms with Crippen LogP contribution in [-0.2, 0) is 5.41 Å². The van der Waals surface area contributed by atoms with Gasteiger partial charge < -0.3 is 10.4 Å². The number of aromatic hydroxyl groups is 1. The van der Waals surface area contributed by atoms with Crippen molar-refractivity contribution in [2.24, 2.45) is 0 Å². The van der Waals surface area contributed by atoms with Crippen molar-refractivity contribution in [2.45, 2.75) is 33.1 Å². The van der Waals surface area contributed by atoms with Crippen LogP contribution >= 0.6 is 0 Å². The lowest BCUT2D eigenvalue weighted by molar-refractivity contribution is 0.102. The molecule has 2 rings (SSSR count). The van der Waals surface area contributed by atoms with E-state index in [4.69, 9.17) is 0 Å². The predicted molar refractivity (Wildman–Crippen MR) is 85.9 cm³/mol. The standard InChI is InChI=1S/C18H21NO2/c1-12-9-10-13(16(20)11-12)17(21)19-15-8-6-5-7-14(15)18(2,3)4/h5-11,20H,1-4H3,(H,19,21). The quantitative estimate of drug-likeness (QED) is 0.865. The first kappa shape index (κ1) is 15.1. The van der Waals surface area contributed by atoms with Crippen LogP contribution in [0, 0.1) is 6.92 Å². The number of carbonyl (C=O) groups excluding carboxylic acids is 1. The Morgan fingerprint density at radius 2 is 1.76 bits per heavy atom. The highest BCUT2D eigenvalue weighted by Crippen LogP contribution is 2.30. The summed E-state index contributed by atoms with van der Waals surface area (Å²) in [6, 6.07) is 12.8. The van der Waals surface area contributed by atoms with E-state index in [1.807, 2.05) is 37.3 Å². The number of hydrogen-bond donors (Lipinski definition) is 2. The molecule has 0 heterocycles. The number of phenols is 1. The fourth-order valence-electron chi connectivity index (χ4n) is 2.27. The molecule has 0 unspecified atom stereocenters. The summed E-state index contributed by atoms with van der Waals surface area (Å²) < 4.78 is 0. The van der Waals surface area contributed by atoms with E-state index in [0.29, 0.717) is 0 Å². The Morgan fingerprint density at radius 3 is 2.38 bits per heavy atom. The molecule has 0 saturated carbocycles. The van der Waals surface area contributed by atoms with Crippen molar-refractivity contribution in [3.8, 4) is 5.75 Å². The Kier molecular flexibility index (Phi) is 4.03. The first-order valence-corrected chi connectivity index (χ1v) is 6.99. The summed E-state index contributed by atoms with van der Waals surface area (Å²) >= 11 is 0. The van der Waals surface area contributed by atoms with Crippen molar-refractivity contribution in [3.63, 3.8) is 0 Å². The van der Waals surface area contributed by atoms with Gasteiger partial charge in [-0.2, -0.15) is 0 Å². The van der Waals surface area contributed by atoms with Crippen molar-refractivity contribution in [3.05, 3.63) is 59.2 Å². The summed E-state index contributed by atoms with van der Waals surface area (Å²) in [5.41, 5.74) is 2.96. The first-order valence-electron chi connectivity index (χ1n) is 6.99. The number of nitrogens with one attached hydrogen (secondary N) is 1. The average molecular weight is 283 g/mol. The third-order valence-corrected chi connectivity index (χ3v) is 3.38. The minimum atomic E-state index is -0.302. The zero-order valence-corrected chi connectivity index (χ0v) is 12.9. The van der Waals surface area contributed by atoms with E-state index in [0.717, 1.165) is 16.8 Å². The van der Waals surface area contributed by atoms with Gasteiger partial charge in [0.15, 0.2) is 0 Å². The van der Waals surface area contributed by atoms with Gasteiger partial charge in [-0.25, -0.2) is 0 Å². The van der Waals surface area contributed by atoms with Gasteiger partial charge in [0.05, 0.1) is 5.56 Å². The largest absolute Gasteiger partial charge is 0.507 e. The van der Waals surface area contributed by atoms with Crippen LogP contribution in [-0.4, -0.2) is 11.0 Å². The lowest BCUT2D eigenvalue weighted by Crippen LogP contribution is -2.18. The highest BCUT2D eigenvalue weighted by molar-refractivity contribution is 6.06. The van der Waals surface area contributed by atoms with Crippen LogP contribution in [0.5, 0.6) is 5.75 Å². The molecule has 2 aromatic carbocycles. The number of para-hydroxylation sites is 1. The summed E-state index contributed by atoms with van der Waals surface area (Å²) in [6.07, 6.45) is 0. The van der Waals surface area contributed by atoms with Crippen molar-refractivity contribution >= 4 is 11.6 Å². The molecule has 3 heteroatoms. The van der Waals surface area contributed by atoms with Gasteiger partial charge in [-0.15, -0.1) is 0 Å². The van der Waals surface area contributed by atoms with Gasteiger partial charge in [0.1, 0.15) is 5.75 Å². The molecule has 0 aliphatic carbocycles. The number of amides is 1. The Balaban J connectivity index is 2.32. The van der Waals surface area contributed by atoms with E-state index in [9.17, 15) is 9.90 Å². The lowest BCUT2D eigenvalue weighted by Gasteiger charge is -2.23. The SMILES string of the molecule is Cc1ccc(C(=O)Nc2ccccc2C(C)(C)C)c(O)c1. The molecule has 0 saturated heterocycles. The zero-order chi connectivity index (χ0) is 15.6. The molecule has 0 spiro atoms. The van der Waals surface area contributed by atoms with Crippen LogP contribution in [0.1, 0.15) is 42.3 Å². The van der Waals surface area contributed by atoms with E-state index in [2.05, 4.69) is 26.1 Å². The highest BCUT2D eigenvalue weighted by atomic mass is 16.3. The molecule has 0 fully saturated rings. The highest BCUT2D eigenvalue weighted by Gasteiger charge is 2.19. The molecular formula is C18H21NO2. The van der Waals surface area contributed by atoms with Crippen molar-refractivity contribution in [1.82, 2.24) is 0 Å². The number of benzene rings is 2. The summed E-state index contributed by atoms with van der Waals surface area (Å²) in [6.45, 7) is 8.17. The molecule has 0 aromatic heterocycles. The molecule has 0 radical (unpaired) electrons. The van der Waals surface area contributed by atoms with E-state index < -0.39 is 0 Å². The number of aryl methyl sites for hydroxylation is 1. The Hall–Kier alpha value is -2.29. The minimum Gasteiger partial charge on any atom is -0.507 e. The molecule has 0 atom stereocenters. The normalized spacial score (nSPS) is 11.2. The topological polar surface area (TPSA) is 49.3 Å². The summed E-state index contributed by atoms with van der Waals surface area (Å²) in [7, 11) is 0. The average Bonchev–Trinajstić information content (AvgIpc) is 2.37. The second-order valence-corrected chi connectivity index (χ2v) is 6.27. The molecule has 2 aromatic rings. The Morgan fingerprint density at radius 1 is 1.10 bits per heavy atom. The monoisotopic (exact) mass is 283 g/mol. The maximum absolute atomic E-state index is 12.4. The van der Waals surface area contributed by atoms with Gasteiger partial charge in [-0.3, -0.25) is 4.79 Å². The maximum atomic E-state index is 12.4. The van der Waals surface area contributed by atoms with E-state index in [1.54, 1.807) is 12.1 Å². The molecule has 0 aliphatic rings.